The standard InChI is InChI=1S/C14H21N3O/c1-3-11-7-4-5-10-17(11)14(18)12-8-6-9-16-13(12)15-2/h6,8-9,11H,3-5,7,10H2,1-2H3,(H,15,16). The number of carbonyl (C=O) groups excluding carboxylic acids is 1. The summed E-state index contributed by atoms with van der Waals surface area (Å²) < 4.78 is 0. The van der Waals surface area contributed by atoms with Crippen LogP contribution in [0.15, 0.2) is 18.3 Å². The normalized spacial score (nSPS) is 19.7. The maximum Gasteiger partial charge on any atom is 0.257 e. The van der Waals surface area contributed by atoms with E-state index in [1.165, 1.54) is 6.42 Å². The molecule has 1 amide bonds. The van der Waals surface area contributed by atoms with Crippen LogP contribution >= 0.6 is 0 Å². The van der Waals surface area contributed by atoms with E-state index in [4.69, 9.17) is 0 Å². The van der Waals surface area contributed by atoms with Gasteiger partial charge in [-0.3, -0.25) is 4.79 Å². The van der Waals surface area contributed by atoms with Crippen molar-refractivity contribution in [2.45, 2.75) is 38.6 Å². The minimum Gasteiger partial charge on any atom is -0.372 e. The van der Waals surface area contributed by atoms with E-state index < -0.39 is 0 Å². The molecule has 0 saturated carbocycles. The van der Waals surface area contributed by atoms with Crippen molar-refractivity contribution in [3.05, 3.63) is 23.9 Å². The van der Waals surface area contributed by atoms with Crippen LogP contribution in [-0.4, -0.2) is 35.4 Å². The van der Waals surface area contributed by atoms with Crippen molar-refractivity contribution < 1.29 is 4.79 Å². The Labute approximate surface area is 108 Å². The van der Waals surface area contributed by atoms with Crippen molar-refractivity contribution >= 4 is 11.7 Å². The molecule has 18 heavy (non-hydrogen) atoms. The Kier molecular flexibility index (Phi) is 4.18. The van der Waals surface area contributed by atoms with Gasteiger partial charge in [-0.05, 0) is 37.8 Å². The topological polar surface area (TPSA) is 45.2 Å². The van der Waals surface area contributed by atoms with Crippen LogP contribution in [0.2, 0.25) is 0 Å². The van der Waals surface area contributed by atoms with Crippen molar-refractivity contribution in [3.8, 4) is 0 Å². The van der Waals surface area contributed by atoms with E-state index in [1.54, 1.807) is 13.2 Å². The van der Waals surface area contributed by atoms with Crippen molar-refractivity contribution in [1.82, 2.24) is 9.88 Å². The number of carbonyl (C=O) groups is 1. The first-order valence-electron chi connectivity index (χ1n) is 6.71. The van der Waals surface area contributed by atoms with Gasteiger partial charge >= 0.3 is 0 Å². The fourth-order valence-electron chi connectivity index (χ4n) is 2.62. The zero-order chi connectivity index (χ0) is 13.0. The number of anilines is 1. The van der Waals surface area contributed by atoms with Gasteiger partial charge in [0.2, 0.25) is 0 Å². The summed E-state index contributed by atoms with van der Waals surface area (Å²) in [5.41, 5.74) is 0.681. The molecular formula is C14H21N3O. The fourth-order valence-corrected chi connectivity index (χ4v) is 2.62. The van der Waals surface area contributed by atoms with Gasteiger partial charge in [-0.1, -0.05) is 6.92 Å². The van der Waals surface area contributed by atoms with E-state index in [0.29, 0.717) is 17.4 Å². The highest BCUT2D eigenvalue weighted by Crippen LogP contribution is 2.23. The predicted octanol–water partition coefficient (Wildman–Crippen LogP) is 2.53. The highest BCUT2D eigenvalue weighted by Gasteiger charge is 2.27. The first-order valence-corrected chi connectivity index (χ1v) is 6.71. The summed E-state index contributed by atoms with van der Waals surface area (Å²) >= 11 is 0. The Balaban J connectivity index is 2.24. The van der Waals surface area contributed by atoms with Crippen molar-refractivity contribution in [2.75, 3.05) is 18.9 Å². The third-order valence-electron chi connectivity index (χ3n) is 3.63. The van der Waals surface area contributed by atoms with Crippen LogP contribution in [0, 0.1) is 0 Å². The van der Waals surface area contributed by atoms with Gasteiger partial charge in [0.05, 0.1) is 5.56 Å². The molecule has 1 aromatic heterocycles. The lowest BCUT2D eigenvalue weighted by atomic mass is 9.99. The Morgan fingerprint density at radius 2 is 2.39 bits per heavy atom. The molecule has 0 aliphatic carbocycles. The van der Waals surface area contributed by atoms with Crippen LogP contribution in [0.5, 0.6) is 0 Å². The number of pyridine rings is 1. The number of likely N-dealkylation sites (tertiary alicyclic amines) is 1. The Bertz CT molecular complexity index is 419. The predicted molar refractivity (Wildman–Crippen MR) is 72.8 cm³/mol. The highest BCUT2D eigenvalue weighted by molar-refractivity contribution is 5.98. The van der Waals surface area contributed by atoms with Crippen LogP contribution in [0.3, 0.4) is 0 Å². The van der Waals surface area contributed by atoms with Crippen LogP contribution in [0.1, 0.15) is 43.0 Å². The molecule has 0 bridgehead atoms. The fraction of sp³-hybridized carbons (Fsp3) is 0.571. The van der Waals surface area contributed by atoms with E-state index in [-0.39, 0.29) is 5.91 Å². The molecule has 1 aliphatic heterocycles. The summed E-state index contributed by atoms with van der Waals surface area (Å²) in [6.45, 7) is 3.02. The zero-order valence-electron chi connectivity index (χ0n) is 11.1. The molecule has 2 heterocycles. The average molecular weight is 247 g/mol. The van der Waals surface area contributed by atoms with Gasteiger partial charge in [0, 0.05) is 25.8 Å². The molecule has 1 fully saturated rings. The van der Waals surface area contributed by atoms with Crippen LogP contribution < -0.4 is 5.32 Å². The second-order valence-corrected chi connectivity index (χ2v) is 4.71. The van der Waals surface area contributed by atoms with E-state index in [1.807, 2.05) is 17.0 Å². The number of aromatic nitrogens is 1. The van der Waals surface area contributed by atoms with E-state index in [2.05, 4.69) is 17.2 Å². The van der Waals surface area contributed by atoms with Gasteiger partial charge in [-0.25, -0.2) is 4.98 Å². The summed E-state index contributed by atoms with van der Waals surface area (Å²) in [7, 11) is 1.80. The first kappa shape index (κ1) is 12.9. The molecule has 4 heteroatoms. The Morgan fingerprint density at radius 3 is 3.11 bits per heavy atom. The minimum absolute atomic E-state index is 0.110. The lowest BCUT2D eigenvalue weighted by Crippen LogP contribution is -2.43. The number of hydrogen-bond acceptors (Lipinski definition) is 3. The summed E-state index contributed by atoms with van der Waals surface area (Å²) in [6, 6.07) is 4.05. The van der Waals surface area contributed by atoms with Crippen LogP contribution in [0.25, 0.3) is 0 Å². The molecule has 1 aliphatic rings. The molecule has 0 radical (unpaired) electrons. The summed E-state index contributed by atoms with van der Waals surface area (Å²) in [4.78, 5) is 18.8. The number of hydrogen-bond donors (Lipinski definition) is 1. The average Bonchev–Trinajstić information content (AvgIpc) is 2.46. The van der Waals surface area contributed by atoms with Crippen LogP contribution in [0.4, 0.5) is 5.82 Å². The number of rotatable bonds is 3. The lowest BCUT2D eigenvalue weighted by Gasteiger charge is -2.35. The van der Waals surface area contributed by atoms with E-state index in [9.17, 15) is 4.79 Å². The molecule has 0 spiro atoms. The van der Waals surface area contributed by atoms with Gasteiger partial charge in [0.25, 0.3) is 5.91 Å². The lowest BCUT2D eigenvalue weighted by molar-refractivity contribution is 0.0608. The number of amides is 1. The molecule has 2 rings (SSSR count). The van der Waals surface area contributed by atoms with E-state index in [0.717, 1.165) is 25.8 Å². The van der Waals surface area contributed by atoms with Crippen molar-refractivity contribution in [3.63, 3.8) is 0 Å². The third kappa shape index (κ3) is 2.47. The largest absolute Gasteiger partial charge is 0.372 e. The number of nitrogens with zero attached hydrogens (tertiary/aromatic N) is 2. The summed E-state index contributed by atoms with van der Waals surface area (Å²) in [5, 5.41) is 2.99. The Hall–Kier alpha value is -1.58. The van der Waals surface area contributed by atoms with Crippen LogP contribution in [-0.2, 0) is 0 Å². The van der Waals surface area contributed by atoms with Crippen molar-refractivity contribution in [1.29, 1.82) is 0 Å². The van der Waals surface area contributed by atoms with Gasteiger partial charge in [0.15, 0.2) is 0 Å². The molecule has 1 atom stereocenters. The Morgan fingerprint density at radius 1 is 1.56 bits per heavy atom. The molecule has 4 nitrogen and oxygen atoms in total. The SMILES string of the molecule is CCC1CCCCN1C(=O)c1cccnc1NC. The zero-order valence-corrected chi connectivity index (χ0v) is 11.1. The van der Waals surface area contributed by atoms with Crippen molar-refractivity contribution in [2.24, 2.45) is 0 Å². The monoisotopic (exact) mass is 247 g/mol. The molecule has 1 N–H and O–H groups in total. The smallest absolute Gasteiger partial charge is 0.257 e. The third-order valence-corrected chi connectivity index (χ3v) is 3.63. The number of nitrogens with one attached hydrogen (secondary N) is 1. The highest BCUT2D eigenvalue weighted by atomic mass is 16.2. The minimum atomic E-state index is 0.110. The first-order chi connectivity index (χ1) is 8.77. The molecule has 1 unspecified atom stereocenters. The van der Waals surface area contributed by atoms with Gasteiger partial charge < -0.3 is 10.2 Å². The maximum atomic E-state index is 12.6. The molecule has 1 saturated heterocycles. The molecule has 0 aromatic carbocycles. The van der Waals surface area contributed by atoms with Gasteiger partial charge in [-0.2, -0.15) is 0 Å². The van der Waals surface area contributed by atoms with E-state index >= 15 is 0 Å². The second-order valence-electron chi connectivity index (χ2n) is 4.71. The quantitative estimate of drug-likeness (QED) is 0.892. The molecule has 1 aromatic rings. The second kappa shape index (κ2) is 5.85. The summed E-state index contributed by atoms with van der Waals surface area (Å²) in [6.07, 6.45) is 6.19. The maximum absolute atomic E-state index is 12.6. The molecule has 98 valence electrons. The van der Waals surface area contributed by atoms with Gasteiger partial charge in [-0.15, -0.1) is 0 Å². The molecular weight excluding hydrogens is 226 g/mol. The number of piperidine rings is 1. The summed E-state index contributed by atoms with van der Waals surface area (Å²) in [5.74, 6) is 0.780. The van der Waals surface area contributed by atoms with Gasteiger partial charge in [0.1, 0.15) is 5.82 Å².